The topological polar surface area (TPSA) is 147 Å². The van der Waals surface area contributed by atoms with E-state index in [4.69, 9.17) is 47.4 Å². The molecule has 2 saturated heterocycles. The fourth-order valence-corrected chi connectivity index (χ4v) is 7.48. The zero-order valence-electron chi connectivity index (χ0n) is 34.6. The molecule has 0 aliphatic carbocycles. The molecular weight excluding hydrogens is 797 g/mol. The number of hydrogen-bond donors (Lipinski definition) is 1. The molecule has 326 valence electrons. The molecule has 0 aromatic heterocycles. The third-order valence-electron chi connectivity index (χ3n) is 10.6. The van der Waals surface area contributed by atoms with Crippen LogP contribution in [0.5, 0.6) is 0 Å². The zero-order chi connectivity index (χ0) is 43.1. The maximum Gasteiger partial charge on any atom is 0.338 e. The third kappa shape index (κ3) is 11.8. The van der Waals surface area contributed by atoms with Crippen molar-refractivity contribution in [2.75, 3.05) is 27.4 Å². The van der Waals surface area contributed by atoms with E-state index in [1.54, 1.807) is 60.7 Å². The van der Waals surface area contributed by atoms with Crippen molar-refractivity contribution >= 4 is 11.9 Å². The highest BCUT2D eigenvalue weighted by molar-refractivity contribution is 5.90. The lowest BCUT2D eigenvalue weighted by atomic mass is 9.96. The van der Waals surface area contributed by atoms with E-state index in [0.717, 1.165) is 16.7 Å². The molecule has 1 N–H and O–H groups in total. The van der Waals surface area contributed by atoms with Crippen LogP contribution in [0.2, 0.25) is 0 Å². The molecule has 0 unspecified atom stereocenters. The van der Waals surface area contributed by atoms with Crippen molar-refractivity contribution in [2.24, 2.45) is 0 Å². The quantitative estimate of drug-likeness (QED) is 0.0927. The maximum absolute atomic E-state index is 13.7. The summed E-state index contributed by atoms with van der Waals surface area (Å²) in [5.41, 5.74) is 3.27. The van der Waals surface area contributed by atoms with Gasteiger partial charge in [-0.3, -0.25) is 0 Å². The van der Waals surface area contributed by atoms with Gasteiger partial charge in [-0.2, -0.15) is 0 Å². The second-order valence-electron chi connectivity index (χ2n) is 14.8. The second kappa shape index (κ2) is 22.7. The Balaban J connectivity index is 1.22. The van der Waals surface area contributed by atoms with Crippen molar-refractivity contribution in [2.45, 2.75) is 81.2 Å². The molecule has 62 heavy (non-hydrogen) atoms. The molecule has 13 heteroatoms. The summed E-state index contributed by atoms with van der Waals surface area (Å²) in [5, 5.41) is 11.5. The van der Waals surface area contributed by atoms with Crippen molar-refractivity contribution in [3.8, 4) is 0 Å². The molecule has 0 amide bonds. The van der Waals surface area contributed by atoms with Crippen LogP contribution in [0.3, 0.4) is 0 Å². The Hall–Kier alpha value is -5.32. The molecule has 0 radical (unpaired) electrons. The van der Waals surface area contributed by atoms with Crippen molar-refractivity contribution < 1.29 is 62.1 Å². The highest BCUT2D eigenvalue weighted by Crippen LogP contribution is 2.35. The van der Waals surface area contributed by atoms with Gasteiger partial charge < -0.3 is 52.5 Å². The highest BCUT2D eigenvalue weighted by Gasteiger charge is 2.54. The van der Waals surface area contributed by atoms with E-state index in [-0.39, 0.29) is 33.0 Å². The summed E-state index contributed by atoms with van der Waals surface area (Å²) in [6, 6.07) is 45.7. The van der Waals surface area contributed by atoms with Crippen molar-refractivity contribution in [3.05, 3.63) is 179 Å². The standard InChI is InChI=1S/C49H52O13/c1-53-42-41(38(31-55-28-33-18-8-3-9-19-33)59-48(52)44(42)56-29-34-20-10-4-11-21-34)62-49-45(57-30-35-22-12-5-13-23-35)43(54-2)40(61-47(51)37-26-16-7-17-27-37)39(60-49)32-58-46(50)36-24-14-6-15-25-36/h3-27,38-45,48-49,52H,28-32H2,1-2H3/t38-,39-,40-,41-,42+,43+,44+,45+,48+,49+/m1/s1. The number of ether oxygens (including phenoxy) is 10. The lowest BCUT2D eigenvalue weighted by Crippen LogP contribution is -2.66. The van der Waals surface area contributed by atoms with Crippen LogP contribution in [0.1, 0.15) is 37.4 Å². The summed E-state index contributed by atoms with van der Waals surface area (Å²) in [5.74, 6) is -1.26. The number of carbonyl (C=O) groups excluding carboxylic acids is 2. The number of aliphatic hydroxyl groups excluding tert-OH is 1. The first-order valence-corrected chi connectivity index (χ1v) is 20.5. The second-order valence-corrected chi connectivity index (χ2v) is 14.8. The molecule has 2 aliphatic heterocycles. The predicted molar refractivity (Wildman–Crippen MR) is 225 cm³/mol. The zero-order valence-corrected chi connectivity index (χ0v) is 34.6. The van der Waals surface area contributed by atoms with Crippen molar-refractivity contribution in [1.29, 1.82) is 0 Å². The molecule has 13 nitrogen and oxygen atoms in total. The maximum atomic E-state index is 13.7. The minimum Gasteiger partial charge on any atom is -0.459 e. The van der Waals surface area contributed by atoms with Crippen molar-refractivity contribution in [3.63, 3.8) is 0 Å². The largest absolute Gasteiger partial charge is 0.459 e. The van der Waals surface area contributed by atoms with Gasteiger partial charge in [-0.25, -0.2) is 9.59 Å². The van der Waals surface area contributed by atoms with Gasteiger partial charge >= 0.3 is 11.9 Å². The Morgan fingerprint density at radius 1 is 0.500 bits per heavy atom. The minimum absolute atomic E-state index is 0.0206. The Morgan fingerprint density at radius 2 is 0.952 bits per heavy atom. The van der Waals surface area contributed by atoms with Gasteiger partial charge in [0.1, 0.15) is 49.3 Å². The average Bonchev–Trinajstić information content (AvgIpc) is 3.32. The fraction of sp³-hybridized carbons (Fsp3) is 0.347. The van der Waals surface area contributed by atoms with Crippen LogP contribution >= 0.6 is 0 Å². The first-order chi connectivity index (χ1) is 30.4. The lowest BCUT2D eigenvalue weighted by molar-refractivity contribution is -0.366. The summed E-state index contributed by atoms with van der Waals surface area (Å²) in [7, 11) is 2.96. The highest BCUT2D eigenvalue weighted by atomic mass is 16.8. The Labute approximate surface area is 361 Å². The number of carbonyl (C=O) groups is 2. The van der Waals surface area contributed by atoms with Crippen LogP contribution in [0.25, 0.3) is 0 Å². The van der Waals surface area contributed by atoms with E-state index in [1.165, 1.54) is 14.2 Å². The first-order valence-electron chi connectivity index (χ1n) is 20.5. The first kappa shape index (κ1) is 44.7. The SMILES string of the molecule is CO[C@@H]1[C@H](OCc2ccccc2)[C@H](O[C@H]2[C@H](OC)[C@H](OCc3ccccc3)[C@@H](O)O[C@@H]2COCc2ccccc2)O[C@H](COC(=O)c2ccccc2)[C@H]1OC(=O)c1ccccc1. The minimum atomic E-state index is -1.43. The van der Waals surface area contributed by atoms with Crippen molar-refractivity contribution in [1.82, 2.24) is 0 Å². The van der Waals surface area contributed by atoms with Gasteiger partial charge in [0.25, 0.3) is 0 Å². The lowest BCUT2D eigenvalue weighted by Gasteiger charge is -2.49. The van der Waals surface area contributed by atoms with Gasteiger partial charge in [0.05, 0.1) is 37.6 Å². The van der Waals surface area contributed by atoms with Crippen LogP contribution < -0.4 is 0 Å². The summed E-state index contributed by atoms with van der Waals surface area (Å²) in [4.78, 5) is 27.0. The number of esters is 2. The number of rotatable bonds is 19. The third-order valence-corrected chi connectivity index (χ3v) is 10.6. The van der Waals surface area contributed by atoms with Gasteiger partial charge in [0, 0.05) is 14.2 Å². The molecule has 5 aromatic rings. The molecule has 2 aliphatic rings. The molecule has 5 aromatic carbocycles. The van der Waals surface area contributed by atoms with Crippen LogP contribution in [-0.2, 0) is 67.2 Å². The number of aliphatic hydroxyl groups is 1. The number of hydrogen-bond acceptors (Lipinski definition) is 13. The Kier molecular flexibility index (Phi) is 16.4. The Bertz CT molecular complexity index is 2080. The molecule has 2 heterocycles. The van der Waals surface area contributed by atoms with Crippen LogP contribution in [0.4, 0.5) is 0 Å². The van der Waals surface area contributed by atoms with Gasteiger partial charge in [-0.1, -0.05) is 127 Å². The summed E-state index contributed by atoms with van der Waals surface area (Å²) in [6.07, 6.45) is -11.0. The summed E-state index contributed by atoms with van der Waals surface area (Å²) < 4.78 is 63.2. The van der Waals surface area contributed by atoms with E-state index in [0.29, 0.717) is 11.1 Å². The molecule has 0 bridgehead atoms. The van der Waals surface area contributed by atoms with E-state index < -0.39 is 73.4 Å². The fourth-order valence-electron chi connectivity index (χ4n) is 7.48. The van der Waals surface area contributed by atoms with Crippen LogP contribution in [0, 0.1) is 0 Å². The van der Waals surface area contributed by atoms with Gasteiger partial charge in [0.15, 0.2) is 18.7 Å². The number of benzene rings is 5. The molecule has 2 fully saturated rings. The van der Waals surface area contributed by atoms with E-state index in [1.807, 2.05) is 91.0 Å². The Morgan fingerprint density at radius 3 is 1.48 bits per heavy atom. The van der Waals surface area contributed by atoms with E-state index >= 15 is 0 Å². The van der Waals surface area contributed by atoms with Gasteiger partial charge in [-0.05, 0) is 41.0 Å². The molecule has 0 saturated carbocycles. The van der Waals surface area contributed by atoms with Crippen LogP contribution in [0.15, 0.2) is 152 Å². The van der Waals surface area contributed by atoms with Gasteiger partial charge in [-0.15, -0.1) is 0 Å². The number of methoxy groups -OCH3 is 2. The summed E-state index contributed by atoms with van der Waals surface area (Å²) in [6.45, 7) is 0.124. The molecule has 0 spiro atoms. The van der Waals surface area contributed by atoms with Gasteiger partial charge in [0.2, 0.25) is 0 Å². The predicted octanol–water partition coefficient (Wildman–Crippen LogP) is 6.31. The van der Waals surface area contributed by atoms with Crippen LogP contribution in [-0.4, -0.2) is 106 Å². The monoisotopic (exact) mass is 848 g/mol. The van der Waals surface area contributed by atoms with E-state index in [9.17, 15) is 14.7 Å². The molecular formula is C49H52O13. The smallest absolute Gasteiger partial charge is 0.338 e. The average molecular weight is 849 g/mol. The molecule has 10 atom stereocenters. The normalized spacial score (nSPS) is 26.0. The molecule has 7 rings (SSSR count). The summed E-state index contributed by atoms with van der Waals surface area (Å²) >= 11 is 0. The van der Waals surface area contributed by atoms with E-state index in [2.05, 4.69) is 0 Å².